The van der Waals surface area contributed by atoms with Crippen LogP contribution in [0.25, 0.3) is 0 Å². The Labute approximate surface area is 101 Å². The number of alkyl halides is 1. The molecule has 0 spiro atoms. The summed E-state index contributed by atoms with van der Waals surface area (Å²) in [5, 5.41) is 0.382. The van der Waals surface area contributed by atoms with Crippen LogP contribution in [0.15, 0.2) is 24.3 Å². The van der Waals surface area contributed by atoms with Gasteiger partial charge in [-0.2, -0.15) is 0 Å². The van der Waals surface area contributed by atoms with E-state index in [9.17, 15) is 4.39 Å². The molecule has 1 aliphatic rings. The Morgan fingerprint density at radius 1 is 1.44 bits per heavy atom. The van der Waals surface area contributed by atoms with E-state index in [-0.39, 0.29) is 5.82 Å². The van der Waals surface area contributed by atoms with Gasteiger partial charge in [-0.05, 0) is 43.5 Å². The highest BCUT2D eigenvalue weighted by molar-refractivity contribution is 6.21. The number of rotatable bonds is 4. The summed E-state index contributed by atoms with van der Waals surface area (Å²) in [6, 6.07) is 6.80. The molecule has 0 atom stereocenters. The van der Waals surface area contributed by atoms with Gasteiger partial charge in [0.2, 0.25) is 0 Å². The van der Waals surface area contributed by atoms with E-state index in [1.54, 1.807) is 12.1 Å². The van der Waals surface area contributed by atoms with Gasteiger partial charge in [-0.25, -0.2) is 4.39 Å². The lowest BCUT2D eigenvalue weighted by molar-refractivity contribution is 0.204. The van der Waals surface area contributed by atoms with Crippen LogP contribution in [0, 0.1) is 11.7 Å². The Hall–Kier alpha value is -0.600. The van der Waals surface area contributed by atoms with Crippen molar-refractivity contribution in [3.63, 3.8) is 0 Å². The van der Waals surface area contributed by atoms with Crippen LogP contribution in [0.1, 0.15) is 18.4 Å². The molecule has 0 N–H and O–H groups in total. The van der Waals surface area contributed by atoms with Gasteiger partial charge in [0.1, 0.15) is 5.82 Å². The van der Waals surface area contributed by atoms with Crippen LogP contribution in [0.2, 0.25) is 0 Å². The zero-order valence-corrected chi connectivity index (χ0v) is 10.3. The number of benzene rings is 1. The summed E-state index contributed by atoms with van der Waals surface area (Å²) < 4.78 is 13.0. The molecule has 2 rings (SSSR count). The number of hydrogen-bond donors (Lipinski definition) is 0. The average Bonchev–Trinajstić information content (AvgIpc) is 2.15. The summed E-state index contributed by atoms with van der Waals surface area (Å²) >= 11 is 5.94. The molecule has 3 heteroatoms. The molecule has 0 radical (unpaired) electrons. The highest BCUT2D eigenvalue weighted by Gasteiger charge is 2.27. The van der Waals surface area contributed by atoms with Crippen molar-refractivity contribution in [3.8, 4) is 0 Å². The van der Waals surface area contributed by atoms with Gasteiger partial charge >= 0.3 is 0 Å². The van der Waals surface area contributed by atoms with E-state index >= 15 is 0 Å². The van der Waals surface area contributed by atoms with Crippen LogP contribution < -0.4 is 0 Å². The second-order valence-corrected chi connectivity index (χ2v) is 5.38. The zero-order chi connectivity index (χ0) is 11.5. The lowest BCUT2D eigenvalue weighted by atomic mass is 9.84. The Morgan fingerprint density at radius 2 is 2.19 bits per heavy atom. The van der Waals surface area contributed by atoms with Crippen LogP contribution in [-0.4, -0.2) is 23.9 Å². The Kier molecular flexibility index (Phi) is 3.82. The maximum absolute atomic E-state index is 13.0. The van der Waals surface area contributed by atoms with Gasteiger partial charge in [-0.1, -0.05) is 12.1 Å². The van der Waals surface area contributed by atoms with E-state index in [4.69, 9.17) is 11.6 Å². The molecule has 88 valence electrons. The Bertz CT molecular complexity index is 350. The molecule has 0 aliphatic heterocycles. The van der Waals surface area contributed by atoms with Crippen LogP contribution in [-0.2, 0) is 6.54 Å². The molecule has 1 aliphatic carbocycles. The van der Waals surface area contributed by atoms with Crippen molar-refractivity contribution in [2.24, 2.45) is 5.92 Å². The summed E-state index contributed by atoms with van der Waals surface area (Å²) in [7, 11) is 2.08. The maximum Gasteiger partial charge on any atom is 0.123 e. The summed E-state index contributed by atoms with van der Waals surface area (Å²) in [4.78, 5) is 2.24. The quantitative estimate of drug-likeness (QED) is 0.732. The van der Waals surface area contributed by atoms with Crippen LogP contribution in [0.4, 0.5) is 4.39 Å². The van der Waals surface area contributed by atoms with E-state index in [0.29, 0.717) is 5.38 Å². The largest absolute Gasteiger partial charge is 0.302 e. The molecule has 16 heavy (non-hydrogen) atoms. The predicted octanol–water partition coefficient (Wildman–Crippen LogP) is 3.27. The molecule has 0 heterocycles. The molecule has 0 unspecified atom stereocenters. The third kappa shape index (κ3) is 3.19. The van der Waals surface area contributed by atoms with Crippen molar-refractivity contribution in [2.45, 2.75) is 24.8 Å². The fraction of sp³-hybridized carbons (Fsp3) is 0.538. The van der Waals surface area contributed by atoms with E-state index < -0.39 is 0 Å². The second-order valence-electron chi connectivity index (χ2n) is 4.76. The van der Waals surface area contributed by atoms with Gasteiger partial charge in [-0.15, -0.1) is 11.6 Å². The number of hydrogen-bond acceptors (Lipinski definition) is 1. The standard InChI is InChI=1S/C13H17ClFN/c1-16(9-11-5-12(14)6-11)8-10-3-2-4-13(15)7-10/h2-4,7,11-12H,5-6,8-9H2,1H3. The SMILES string of the molecule is CN(Cc1cccc(F)c1)CC1CC(Cl)C1. The zero-order valence-electron chi connectivity index (χ0n) is 9.50. The predicted molar refractivity (Wildman–Crippen MR) is 65.1 cm³/mol. The van der Waals surface area contributed by atoms with Gasteiger partial charge in [0.15, 0.2) is 0 Å². The number of halogens is 2. The van der Waals surface area contributed by atoms with Crippen LogP contribution >= 0.6 is 11.6 Å². The van der Waals surface area contributed by atoms with Crippen molar-refractivity contribution in [1.82, 2.24) is 4.90 Å². The topological polar surface area (TPSA) is 3.24 Å². The molecule has 1 fully saturated rings. The third-order valence-electron chi connectivity index (χ3n) is 3.09. The fourth-order valence-electron chi connectivity index (χ4n) is 2.26. The molecule has 0 bridgehead atoms. The first-order valence-corrected chi connectivity index (χ1v) is 6.14. The first-order valence-electron chi connectivity index (χ1n) is 5.70. The molecule has 0 aromatic heterocycles. The summed E-state index contributed by atoms with van der Waals surface area (Å²) in [5.74, 6) is 0.566. The van der Waals surface area contributed by atoms with E-state index in [2.05, 4.69) is 11.9 Å². The molecule has 1 nitrogen and oxygen atoms in total. The number of nitrogens with zero attached hydrogens (tertiary/aromatic N) is 1. The van der Waals surface area contributed by atoms with Crippen LogP contribution in [0.5, 0.6) is 0 Å². The van der Waals surface area contributed by atoms with Gasteiger partial charge in [-0.3, -0.25) is 0 Å². The van der Waals surface area contributed by atoms with Gasteiger partial charge in [0.25, 0.3) is 0 Å². The Balaban J connectivity index is 1.80. The minimum absolute atomic E-state index is 0.157. The Morgan fingerprint density at radius 3 is 2.81 bits per heavy atom. The summed E-state index contributed by atoms with van der Waals surface area (Å²) in [5.41, 5.74) is 1.03. The van der Waals surface area contributed by atoms with Gasteiger partial charge < -0.3 is 4.90 Å². The highest BCUT2D eigenvalue weighted by atomic mass is 35.5. The molecule has 1 aromatic rings. The lowest BCUT2D eigenvalue weighted by Crippen LogP contribution is -2.34. The van der Waals surface area contributed by atoms with Crippen molar-refractivity contribution < 1.29 is 4.39 Å². The average molecular weight is 242 g/mol. The highest BCUT2D eigenvalue weighted by Crippen LogP contribution is 2.32. The van der Waals surface area contributed by atoms with Crippen molar-refractivity contribution in [1.29, 1.82) is 0 Å². The van der Waals surface area contributed by atoms with Crippen molar-refractivity contribution in [3.05, 3.63) is 35.6 Å². The fourth-order valence-corrected chi connectivity index (χ4v) is 2.76. The van der Waals surface area contributed by atoms with Crippen LogP contribution in [0.3, 0.4) is 0 Å². The lowest BCUT2D eigenvalue weighted by Gasteiger charge is -2.34. The smallest absolute Gasteiger partial charge is 0.123 e. The van der Waals surface area contributed by atoms with E-state index in [1.165, 1.54) is 6.07 Å². The molecule has 0 saturated heterocycles. The molecule has 0 amide bonds. The minimum atomic E-state index is -0.157. The maximum atomic E-state index is 13.0. The molecule has 1 aromatic carbocycles. The summed E-state index contributed by atoms with van der Waals surface area (Å²) in [6.07, 6.45) is 2.24. The molecular formula is C13H17ClFN. The first kappa shape index (κ1) is 11.9. The monoisotopic (exact) mass is 241 g/mol. The van der Waals surface area contributed by atoms with Crippen molar-refractivity contribution in [2.75, 3.05) is 13.6 Å². The first-order chi connectivity index (χ1) is 7.63. The summed E-state index contributed by atoms with van der Waals surface area (Å²) in [6.45, 7) is 1.86. The van der Waals surface area contributed by atoms with E-state index in [1.807, 2.05) is 6.07 Å². The van der Waals surface area contributed by atoms with Gasteiger partial charge in [0.05, 0.1) is 0 Å². The minimum Gasteiger partial charge on any atom is -0.302 e. The normalized spacial score (nSPS) is 24.5. The van der Waals surface area contributed by atoms with Gasteiger partial charge in [0, 0.05) is 18.5 Å². The molecule has 1 saturated carbocycles. The third-order valence-corrected chi connectivity index (χ3v) is 3.45. The van der Waals surface area contributed by atoms with E-state index in [0.717, 1.165) is 37.4 Å². The molecular weight excluding hydrogens is 225 g/mol. The van der Waals surface area contributed by atoms with Crippen molar-refractivity contribution >= 4 is 11.6 Å². The second kappa shape index (κ2) is 5.15.